The van der Waals surface area contributed by atoms with Gasteiger partial charge in [-0.25, -0.2) is 8.42 Å². The van der Waals surface area contributed by atoms with Gasteiger partial charge < -0.3 is 4.74 Å². The van der Waals surface area contributed by atoms with Gasteiger partial charge in [-0.3, -0.25) is 0 Å². The molecule has 1 heterocycles. The van der Waals surface area contributed by atoms with E-state index in [9.17, 15) is 8.42 Å². The lowest BCUT2D eigenvalue weighted by molar-refractivity contribution is -0.0341. The van der Waals surface area contributed by atoms with E-state index in [-0.39, 0.29) is 17.9 Å². The van der Waals surface area contributed by atoms with Crippen molar-refractivity contribution in [3.05, 3.63) is 76.9 Å². The van der Waals surface area contributed by atoms with Gasteiger partial charge in [-0.15, -0.1) is 0 Å². The van der Waals surface area contributed by atoms with E-state index >= 15 is 0 Å². The molecule has 3 nitrogen and oxygen atoms in total. The fraction of sp³-hybridized carbons (Fsp3) is 0.417. The number of rotatable bonds is 3. The summed E-state index contributed by atoms with van der Waals surface area (Å²) in [5, 5.41) is -0.564. The summed E-state index contributed by atoms with van der Waals surface area (Å²) in [4.78, 5) is 0.382. The van der Waals surface area contributed by atoms with Crippen LogP contribution in [-0.2, 0) is 14.6 Å². The topological polar surface area (TPSA) is 43.4 Å². The molecule has 0 radical (unpaired) electrons. The Bertz CT molecular complexity index is 1010. The molecule has 1 aliphatic heterocycles. The summed E-state index contributed by atoms with van der Waals surface area (Å²) in [5.41, 5.74) is 4.32. The van der Waals surface area contributed by atoms with Gasteiger partial charge in [-0.2, -0.15) is 0 Å². The first-order valence-electron chi connectivity index (χ1n) is 9.86. The number of hydrogen-bond acceptors (Lipinski definition) is 3. The van der Waals surface area contributed by atoms with Gasteiger partial charge in [-0.05, 0) is 63.4 Å². The van der Waals surface area contributed by atoms with E-state index in [0.717, 1.165) is 0 Å². The minimum Gasteiger partial charge on any atom is -0.367 e. The van der Waals surface area contributed by atoms with Gasteiger partial charge in [0.2, 0.25) is 0 Å². The van der Waals surface area contributed by atoms with Gasteiger partial charge in [-0.1, -0.05) is 48.0 Å². The quantitative estimate of drug-likeness (QED) is 0.678. The van der Waals surface area contributed by atoms with E-state index in [1.807, 2.05) is 26.0 Å². The summed E-state index contributed by atoms with van der Waals surface area (Å²) in [6.45, 7) is 10.4. The van der Waals surface area contributed by atoms with E-state index in [0.29, 0.717) is 4.90 Å². The molecule has 0 N–H and O–H groups in total. The van der Waals surface area contributed by atoms with Crippen molar-refractivity contribution in [2.75, 3.05) is 0 Å². The van der Waals surface area contributed by atoms with E-state index < -0.39 is 20.7 Å². The van der Waals surface area contributed by atoms with Crippen LogP contribution in [0, 0.1) is 32.6 Å². The zero-order valence-corrected chi connectivity index (χ0v) is 18.0. The van der Waals surface area contributed by atoms with Crippen LogP contribution < -0.4 is 0 Å². The second kappa shape index (κ2) is 6.57. The molecular weight excluding hydrogens is 368 g/mol. The molecule has 1 fully saturated rings. The van der Waals surface area contributed by atoms with Crippen molar-refractivity contribution >= 4 is 9.84 Å². The van der Waals surface area contributed by atoms with Crippen LogP contribution in [0.25, 0.3) is 0 Å². The number of fused-ring (bicyclic) bond motifs is 1. The zero-order valence-electron chi connectivity index (χ0n) is 17.1. The number of aryl methyl sites for hydroxylation is 3. The van der Waals surface area contributed by atoms with Gasteiger partial charge in [0.25, 0.3) is 0 Å². The third kappa shape index (κ3) is 2.94. The largest absolute Gasteiger partial charge is 0.367 e. The molecule has 0 bridgehead atoms. The number of sulfone groups is 1. The van der Waals surface area contributed by atoms with Crippen molar-refractivity contribution in [2.45, 2.75) is 56.5 Å². The Kier molecular flexibility index (Phi) is 4.55. The van der Waals surface area contributed by atoms with Crippen molar-refractivity contribution in [3.63, 3.8) is 0 Å². The fourth-order valence-electron chi connectivity index (χ4n) is 5.28. The van der Waals surface area contributed by atoms with Crippen molar-refractivity contribution in [3.8, 4) is 0 Å². The van der Waals surface area contributed by atoms with Crippen LogP contribution in [0.15, 0.2) is 59.5 Å². The molecule has 4 rings (SSSR count). The standard InChI is InChI=1S/C24H28O3S/c1-15-13-16(2)21(17(3)14-15)23-19-11-12-20(22(19)24(4,5)27-23)28(25,26)18-9-7-6-8-10-18/h6-14,19-20,22-23H,1-5H3/t19?,20-,22?,23-/m0/s1. The Morgan fingerprint density at radius 1 is 0.929 bits per heavy atom. The normalized spacial score (nSPS) is 28.5. The smallest absolute Gasteiger partial charge is 0.185 e. The summed E-state index contributed by atoms with van der Waals surface area (Å²) in [6.07, 6.45) is 3.86. The molecule has 0 saturated carbocycles. The average Bonchev–Trinajstić information content (AvgIpc) is 3.16. The van der Waals surface area contributed by atoms with Crippen molar-refractivity contribution in [1.82, 2.24) is 0 Å². The highest BCUT2D eigenvalue weighted by Crippen LogP contribution is 2.55. The molecule has 1 saturated heterocycles. The molecule has 4 heteroatoms. The first-order valence-corrected chi connectivity index (χ1v) is 11.4. The van der Waals surface area contributed by atoms with E-state index in [2.05, 4.69) is 39.0 Å². The molecule has 28 heavy (non-hydrogen) atoms. The first-order chi connectivity index (χ1) is 13.1. The molecule has 0 aromatic heterocycles. The molecule has 148 valence electrons. The minimum atomic E-state index is -3.46. The molecule has 1 aliphatic carbocycles. The number of benzene rings is 2. The van der Waals surface area contributed by atoms with Crippen LogP contribution in [0.3, 0.4) is 0 Å². The van der Waals surface area contributed by atoms with E-state index in [1.54, 1.807) is 24.3 Å². The molecular formula is C24H28O3S. The predicted octanol–water partition coefficient (Wildman–Crippen LogP) is 5.11. The van der Waals surface area contributed by atoms with E-state index in [1.165, 1.54) is 22.3 Å². The van der Waals surface area contributed by atoms with E-state index in [4.69, 9.17) is 4.74 Å². The molecule has 0 spiro atoms. The molecule has 2 aliphatic rings. The second-order valence-corrected chi connectivity index (χ2v) is 10.9. The molecule has 2 unspecified atom stereocenters. The second-order valence-electron chi connectivity index (χ2n) is 8.77. The minimum absolute atomic E-state index is 0.0543. The molecule has 2 aromatic carbocycles. The maximum atomic E-state index is 13.4. The Labute approximate surface area is 168 Å². The monoisotopic (exact) mass is 396 g/mol. The Morgan fingerprint density at radius 2 is 1.54 bits per heavy atom. The van der Waals surface area contributed by atoms with Crippen LogP contribution >= 0.6 is 0 Å². The lowest BCUT2D eigenvalue weighted by atomic mass is 9.80. The highest BCUT2D eigenvalue weighted by Gasteiger charge is 2.57. The Hall–Kier alpha value is -1.91. The predicted molar refractivity (Wildman–Crippen MR) is 112 cm³/mol. The maximum absolute atomic E-state index is 13.4. The summed E-state index contributed by atoms with van der Waals surface area (Å²) in [7, 11) is -3.46. The van der Waals surface area contributed by atoms with Gasteiger partial charge in [0.15, 0.2) is 9.84 Å². The lowest BCUT2D eigenvalue weighted by Crippen LogP contribution is -2.39. The first kappa shape index (κ1) is 19.4. The highest BCUT2D eigenvalue weighted by molar-refractivity contribution is 7.92. The summed E-state index contributed by atoms with van der Waals surface area (Å²) < 4.78 is 33.3. The van der Waals surface area contributed by atoms with Crippen molar-refractivity contribution in [2.24, 2.45) is 11.8 Å². The van der Waals surface area contributed by atoms with Crippen LogP contribution in [0.2, 0.25) is 0 Å². The third-order valence-corrected chi connectivity index (χ3v) is 8.42. The van der Waals surface area contributed by atoms with Crippen LogP contribution in [0.5, 0.6) is 0 Å². The van der Waals surface area contributed by atoms with Gasteiger partial charge in [0, 0.05) is 11.8 Å². The SMILES string of the molecule is Cc1cc(C)c([C@H]2OC(C)(C)C3C2C=C[C@@H]3S(=O)(=O)c2ccccc2)c(C)c1. The zero-order chi connectivity index (χ0) is 20.3. The van der Waals surface area contributed by atoms with Gasteiger partial charge >= 0.3 is 0 Å². The van der Waals surface area contributed by atoms with Gasteiger partial charge in [0.1, 0.15) is 0 Å². The maximum Gasteiger partial charge on any atom is 0.185 e. The Morgan fingerprint density at radius 3 is 2.14 bits per heavy atom. The highest BCUT2D eigenvalue weighted by atomic mass is 32.2. The molecule has 0 amide bonds. The molecule has 2 aromatic rings. The van der Waals surface area contributed by atoms with Gasteiger partial charge in [0.05, 0.1) is 21.9 Å². The van der Waals surface area contributed by atoms with Crippen LogP contribution in [0.1, 0.15) is 42.2 Å². The summed E-state index contributed by atoms with van der Waals surface area (Å²) in [5.74, 6) is -0.0543. The van der Waals surface area contributed by atoms with Crippen LogP contribution in [-0.4, -0.2) is 19.3 Å². The van der Waals surface area contributed by atoms with Crippen molar-refractivity contribution in [1.29, 1.82) is 0 Å². The summed E-state index contributed by atoms with van der Waals surface area (Å²) in [6, 6.07) is 13.1. The van der Waals surface area contributed by atoms with Crippen molar-refractivity contribution < 1.29 is 13.2 Å². The molecule has 4 atom stereocenters. The fourth-order valence-corrected chi connectivity index (χ4v) is 7.33. The number of hydrogen-bond donors (Lipinski definition) is 0. The third-order valence-electron chi connectivity index (χ3n) is 6.33. The average molecular weight is 397 g/mol. The lowest BCUT2D eigenvalue weighted by Gasteiger charge is -2.30. The Balaban J connectivity index is 1.76. The van der Waals surface area contributed by atoms with Crippen LogP contribution in [0.4, 0.5) is 0 Å². The summed E-state index contributed by atoms with van der Waals surface area (Å²) >= 11 is 0. The number of ether oxygens (including phenoxy) is 1.